The van der Waals surface area contributed by atoms with E-state index in [0.717, 1.165) is 6.54 Å². The second-order valence-electron chi connectivity index (χ2n) is 6.76. The standard InChI is InChI=1S/C24H23N/c1-19-18-25(20(2)21-12-6-3-7-13-21)24(19,22-14-8-4-9-15-22)23-16-10-5-11-17-23/h3-17,20H,1,18H2,2H3. The normalized spacial score (nSPS) is 17.7. The fourth-order valence-electron chi connectivity index (χ4n) is 4.15. The Morgan fingerprint density at radius 3 is 1.64 bits per heavy atom. The third-order valence-electron chi connectivity index (χ3n) is 5.44. The molecule has 124 valence electrons. The van der Waals surface area contributed by atoms with Crippen molar-refractivity contribution in [3.05, 3.63) is 120 Å². The van der Waals surface area contributed by atoms with Crippen molar-refractivity contribution >= 4 is 0 Å². The topological polar surface area (TPSA) is 3.24 Å². The highest BCUT2D eigenvalue weighted by molar-refractivity contribution is 5.53. The number of hydrogen-bond acceptors (Lipinski definition) is 1. The first-order chi connectivity index (χ1) is 12.2. The van der Waals surface area contributed by atoms with Gasteiger partial charge in [0, 0.05) is 12.6 Å². The van der Waals surface area contributed by atoms with E-state index >= 15 is 0 Å². The molecule has 0 aromatic heterocycles. The van der Waals surface area contributed by atoms with Gasteiger partial charge in [0.25, 0.3) is 0 Å². The van der Waals surface area contributed by atoms with Crippen molar-refractivity contribution in [3.8, 4) is 0 Å². The van der Waals surface area contributed by atoms with E-state index in [4.69, 9.17) is 0 Å². The Morgan fingerprint density at radius 1 is 0.760 bits per heavy atom. The predicted octanol–water partition coefficient (Wildman–Crippen LogP) is 5.56. The van der Waals surface area contributed by atoms with Crippen LogP contribution in [0.4, 0.5) is 0 Å². The highest BCUT2D eigenvalue weighted by Gasteiger charge is 2.52. The fourth-order valence-corrected chi connectivity index (χ4v) is 4.15. The summed E-state index contributed by atoms with van der Waals surface area (Å²) in [6.07, 6.45) is 0. The summed E-state index contributed by atoms with van der Waals surface area (Å²) in [7, 11) is 0. The summed E-state index contributed by atoms with van der Waals surface area (Å²) in [5, 5.41) is 0. The summed E-state index contributed by atoms with van der Waals surface area (Å²) >= 11 is 0. The predicted molar refractivity (Wildman–Crippen MR) is 104 cm³/mol. The van der Waals surface area contributed by atoms with Gasteiger partial charge in [-0.1, -0.05) is 97.6 Å². The highest BCUT2D eigenvalue weighted by Crippen LogP contribution is 2.52. The molecule has 1 heteroatoms. The van der Waals surface area contributed by atoms with Crippen LogP contribution >= 0.6 is 0 Å². The van der Waals surface area contributed by atoms with Gasteiger partial charge in [-0.3, -0.25) is 4.90 Å². The lowest BCUT2D eigenvalue weighted by Crippen LogP contribution is -2.60. The first kappa shape index (κ1) is 15.9. The van der Waals surface area contributed by atoms with E-state index in [1.165, 1.54) is 22.3 Å². The van der Waals surface area contributed by atoms with E-state index < -0.39 is 0 Å². The molecule has 1 saturated heterocycles. The van der Waals surface area contributed by atoms with Crippen LogP contribution in [0.2, 0.25) is 0 Å². The van der Waals surface area contributed by atoms with Crippen LogP contribution in [0.25, 0.3) is 0 Å². The summed E-state index contributed by atoms with van der Waals surface area (Å²) in [6.45, 7) is 7.66. The molecule has 0 amide bonds. The van der Waals surface area contributed by atoms with Crippen molar-refractivity contribution in [2.24, 2.45) is 0 Å². The Hall–Kier alpha value is -2.64. The minimum Gasteiger partial charge on any atom is -0.275 e. The number of benzene rings is 3. The molecular formula is C24H23N. The molecule has 1 aliphatic rings. The van der Waals surface area contributed by atoms with Crippen molar-refractivity contribution in [2.75, 3.05) is 6.54 Å². The van der Waals surface area contributed by atoms with E-state index in [1.807, 2.05) is 0 Å². The molecule has 1 unspecified atom stereocenters. The maximum atomic E-state index is 4.45. The van der Waals surface area contributed by atoms with Crippen molar-refractivity contribution in [1.82, 2.24) is 4.90 Å². The summed E-state index contributed by atoms with van der Waals surface area (Å²) in [4.78, 5) is 2.56. The minimum atomic E-state index is -0.252. The maximum Gasteiger partial charge on any atom is 0.0950 e. The van der Waals surface area contributed by atoms with E-state index in [-0.39, 0.29) is 5.54 Å². The molecular weight excluding hydrogens is 302 g/mol. The van der Waals surface area contributed by atoms with Gasteiger partial charge in [-0.05, 0) is 29.2 Å². The van der Waals surface area contributed by atoms with Crippen LogP contribution < -0.4 is 0 Å². The largest absolute Gasteiger partial charge is 0.275 e. The molecule has 1 nitrogen and oxygen atoms in total. The zero-order valence-corrected chi connectivity index (χ0v) is 14.6. The SMILES string of the molecule is C=C1CN(C(C)c2ccccc2)C1(c1ccccc1)c1ccccc1. The van der Waals surface area contributed by atoms with Gasteiger partial charge in [-0.25, -0.2) is 0 Å². The Bertz CT molecular complexity index is 813. The molecule has 25 heavy (non-hydrogen) atoms. The summed E-state index contributed by atoms with van der Waals surface area (Å²) in [5.74, 6) is 0. The third-order valence-corrected chi connectivity index (χ3v) is 5.44. The van der Waals surface area contributed by atoms with Gasteiger partial charge in [0.1, 0.15) is 0 Å². The monoisotopic (exact) mass is 325 g/mol. The van der Waals surface area contributed by atoms with Crippen molar-refractivity contribution < 1.29 is 0 Å². The Morgan fingerprint density at radius 2 is 1.20 bits per heavy atom. The molecule has 0 bridgehead atoms. The van der Waals surface area contributed by atoms with Crippen molar-refractivity contribution in [1.29, 1.82) is 0 Å². The van der Waals surface area contributed by atoms with Gasteiger partial charge in [0.2, 0.25) is 0 Å². The smallest absolute Gasteiger partial charge is 0.0950 e. The number of rotatable bonds is 4. The molecule has 0 saturated carbocycles. The minimum absolute atomic E-state index is 0.252. The molecule has 1 heterocycles. The fraction of sp³-hybridized carbons (Fsp3) is 0.167. The second-order valence-corrected chi connectivity index (χ2v) is 6.76. The van der Waals surface area contributed by atoms with Gasteiger partial charge >= 0.3 is 0 Å². The molecule has 3 aromatic carbocycles. The molecule has 0 spiro atoms. The molecule has 0 N–H and O–H groups in total. The molecule has 3 aromatic rings. The maximum absolute atomic E-state index is 4.45. The van der Waals surface area contributed by atoms with E-state index in [9.17, 15) is 0 Å². The summed E-state index contributed by atoms with van der Waals surface area (Å²) in [6, 6.07) is 32.6. The van der Waals surface area contributed by atoms with Crippen LogP contribution in [0.15, 0.2) is 103 Å². The lowest BCUT2D eigenvalue weighted by molar-refractivity contribution is 0.0453. The molecule has 1 fully saturated rings. The van der Waals surface area contributed by atoms with Crippen molar-refractivity contribution in [2.45, 2.75) is 18.5 Å². The lowest BCUT2D eigenvalue weighted by Gasteiger charge is -2.58. The van der Waals surface area contributed by atoms with Gasteiger partial charge in [-0.2, -0.15) is 0 Å². The zero-order valence-electron chi connectivity index (χ0n) is 14.6. The van der Waals surface area contributed by atoms with Crippen LogP contribution in [0, 0.1) is 0 Å². The first-order valence-corrected chi connectivity index (χ1v) is 8.85. The van der Waals surface area contributed by atoms with E-state index in [2.05, 4.69) is 109 Å². The van der Waals surface area contributed by atoms with E-state index in [1.54, 1.807) is 0 Å². The molecule has 1 atom stereocenters. The van der Waals surface area contributed by atoms with Gasteiger partial charge < -0.3 is 0 Å². The average molecular weight is 325 g/mol. The lowest BCUT2D eigenvalue weighted by atomic mass is 9.68. The summed E-state index contributed by atoms with van der Waals surface area (Å²) in [5.41, 5.74) is 4.93. The van der Waals surface area contributed by atoms with Gasteiger partial charge in [0.05, 0.1) is 5.54 Å². The van der Waals surface area contributed by atoms with Crippen LogP contribution in [-0.2, 0) is 5.54 Å². The Kier molecular flexibility index (Phi) is 4.03. The molecule has 0 aliphatic carbocycles. The molecule has 1 aliphatic heterocycles. The van der Waals surface area contributed by atoms with Crippen LogP contribution in [0.3, 0.4) is 0 Å². The Labute approximate surface area is 150 Å². The van der Waals surface area contributed by atoms with Crippen LogP contribution in [0.1, 0.15) is 29.7 Å². The van der Waals surface area contributed by atoms with E-state index in [0.29, 0.717) is 6.04 Å². The van der Waals surface area contributed by atoms with Crippen molar-refractivity contribution in [3.63, 3.8) is 0 Å². The number of hydrogen-bond donors (Lipinski definition) is 0. The molecule has 4 rings (SSSR count). The quantitative estimate of drug-likeness (QED) is 0.567. The zero-order chi connectivity index (χ0) is 17.3. The average Bonchev–Trinajstić information content (AvgIpc) is 2.68. The third kappa shape index (κ3) is 2.43. The molecule has 0 radical (unpaired) electrons. The van der Waals surface area contributed by atoms with Gasteiger partial charge in [-0.15, -0.1) is 0 Å². The number of likely N-dealkylation sites (tertiary alicyclic amines) is 1. The van der Waals surface area contributed by atoms with Crippen LogP contribution in [0.5, 0.6) is 0 Å². The highest BCUT2D eigenvalue weighted by atomic mass is 15.3. The first-order valence-electron chi connectivity index (χ1n) is 8.85. The summed E-state index contributed by atoms with van der Waals surface area (Å²) < 4.78 is 0. The van der Waals surface area contributed by atoms with Gasteiger partial charge in [0.15, 0.2) is 0 Å². The van der Waals surface area contributed by atoms with Crippen LogP contribution in [-0.4, -0.2) is 11.4 Å². The second kappa shape index (κ2) is 6.34. The Balaban J connectivity index is 1.86. The number of nitrogens with zero attached hydrogens (tertiary/aromatic N) is 1.